The molecule has 120 valence electrons. The van der Waals surface area contributed by atoms with E-state index in [1.54, 1.807) is 4.90 Å². The van der Waals surface area contributed by atoms with Gasteiger partial charge in [-0.05, 0) is 30.3 Å². The Morgan fingerprint density at radius 2 is 2.04 bits per heavy atom. The van der Waals surface area contributed by atoms with Gasteiger partial charge in [0.15, 0.2) is 5.78 Å². The van der Waals surface area contributed by atoms with E-state index in [4.69, 9.17) is 5.73 Å². The Morgan fingerprint density at radius 3 is 2.79 bits per heavy atom. The number of primary amides is 1. The molecule has 0 saturated carbocycles. The van der Waals surface area contributed by atoms with Crippen molar-refractivity contribution in [2.45, 2.75) is 0 Å². The predicted octanol–water partition coefficient (Wildman–Crippen LogP) is 2.27. The van der Waals surface area contributed by atoms with Crippen molar-refractivity contribution in [3.05, 3.63) is 53.1 Å². The molecule has 2 heterocycles. The molecule has 1 aliphatic heterocycles. The minimum absolute atomic E-state index is 0.0347. The number of imidazole rings is 1. The van der Waals surface area contributed by atoms with Crippen LogP contribution in [0.5, 0.6) is 0 Å². The molecule has 1 aliphatic rings. The zero-order valence-corrected chi connectivity index (χ0v) is 12.1. The molecule has 3 N–H and O–H groups in total. The molecule has 6 nitrogen and oxygen atoms in total. The SMILES string of the molecule is NC(=O)c1c(F)ccc2nc(N3CC(=O)c4cc(F)ccc43)[nH]c12. The van der Waals surface area contributed by atoms with E-state index >= 15 is 0 Å². The van der Waals surface area contributed by atoms with Gasteiger partial charge in [-0.3, -0.25) is 9.59 Å². The summed E-state index contributed by atoms with van der Waals surface area (Å²) in [7, 11) is 0. The van der Waals surface area contributed by atoms with Crippen molar-refractivity contribution in [1.29, 1.82) is 0 Å². The van der Waals surface area contributed by atoms with Gasteiger partial charge in [0.05, 0.1) is 23.3 Å². The van der Waals surface area contributed by atoms with E-state index in [9.17, 15) is 18.4 Å². The minimum atomic E-state index is -0.923. The van der Waals surface area contributed by atoms with Crippen LogP contribution in [0.25, 0.3) is 11.0 Å². The summed E-state index contributed by atoms with van der Waals surface area (Å²) in [6.45, 7) is -0.0347. The molecule has 2 aromatic carbocycles. The molecule has 0 atom stereocenters. The summed E-state index contributed by atoms with van der Waals surface area (Å²) in [5.74, 6) is -2.20. The van der Waals surface area contributed by atoms with Gasteiger partial charge in [-0.1, -0.05) is 0 Å². The van der Waals surface area contributed by atoms with Gasteiger partial charge in [0.1, 0.15) is 17.2 Å². The third kappa shape index (κ3) is 1.96. The van der Waals surface area contributed by atoms with E-state index in [0.717, 1.165) is 12.1 Å². The lowest BCUT2D eigenvalue weighted by atomic mass is 10.1. The number of amides is 1. The summed E-state index contributed by atoms with van der Waals surface area (Å²) in [6, 6.07) is 6.38. The fourth-order valence-electron chi connectivity index (χ4n) is 2.88. The Balaban J connectivity index is 1.89. The monoisotopic (exact) mass is 328 g/mol. The molecule has 0 radical (unpaired) electrons. The summed E-state index contributed by atoms with van der Waals surface area (Å²) in [5.41, 5.74) is 6.15. The summed E-state index contributed by atoms with van der Waals surface area (Å²) in [5, 5.41) is 0. The van der Waals surface area contributed by atoms with Crippen molar-refractivity contribution >= 4 is 34.4 Å². The maximum absolute atomic E-state index is 13.8. The average Bonchev–Trinajstić information content (AvgIpc) is 3.08. The van der Waals surface area contributed by atoms with Crippen molar-refractivity contribution in [3.8, 4) is 0 Å². The van der Waals surface area contributed by atoms with Gasteiger partial charge in [0.25, 0.3) is 5.91 Å². The molecule has 4 rings (SSSR count). The first kappa shape index (κ1) is 14.3. The number of H-pyrrole nitrogens is 1. The lowest BCUT2D eigenvalue weighted by molar-refractivity contribution is 0.0993. The molecule has 0 bridgehead atoms. The second kappa shape index (κ2) is 4.85. The van der Waals surface area contributed by atoms with Gasteiger partial charge in [-0.2, -0.15) is 0 Å². The van der Waals surface area contributed by atoms with Crippen LogP contribution in [0.15, 0.2) is 30.3 Å². The second-order valence-electron chi connectivity index (χ2n) is 5.41. The van der Waals surface area contributed by atoms with Crippen LogP contribution < -0.4 is 10.6 Å². The number of benzene rings is 2. The van der Waals surface area contributed by atoms with E-state index < -0.39 is 17.5 Å². The molecular weight excluding hydrogens is 318 g/mol. The fraction of sp³-hybridized carbons (Fsp3) is 0.0625. The van der Waals surface area contributed by atoms with Crippen LogP contribution in [-0.2, 0) is 0 Å². The average molecular weight is 328 g/mol. The highest BCUT2D eigenvalue weighted by molar-refractivity contribution is 6.10. The maximum Gasteiger partial charge on any atom is 0.253 e. The molecule has 1 amide bonds. The third-order valence-electron chi connectivity index (χ3n) is 3.95. The van der Waals surface area contributed by atoms with Crippen LogP contribution in [0, 0.1) is 11.6 Å². The molecule has 0 saturated heterocycles. The number of nitrogens with zero attached hydrogens (tertiary/aromatic N) is 2. The van der Waals surface area contributed by atoms with Gasteiger partial charge in [0, 0.05) is 5.56 Å². The number of aromatic nitrogens is 2. The number of nitrogens with two attached hydrogens (primary N) is 1. The zero-order chi connectivity index (χ0) is 17.0. The largest absolute Gasteiger partial charge is 0.365 e. The number of nitrogens with one attached hydrogen (secondary N) is 1. The van der Waals surface area contributed by atoms with Crippen LogP contribution in [0.1, 0.15) is 20.7 Å². The molecule has 1 aromatic heterocycles. The lowest BCUT2D eigenvalue weighted by Crippen LogP contribution is -2.17. The van der Waals surface area contributed by atoms with E-state index in [1.165, 1.54) is 18.2 Å². The number of fused-ring (bicyclic) bond motifs is 2. The van der Waals surface area contributed by atoms with E-state index in [2.05, 4.69) is 9.97 Å². The minimum Gasteiger partial charge on any atom is -0.365 e. The predicted molar refractivity (Wildman–Crippen MR) is 82.3 cm³/mol. The molecule has 0 spiro atoms. The van der Waals surface area contributed by atoms with Crippen molar-refractivity contribution < 1.29 is 18.4 Å². The van der Waals surface area contributed by atoms with Crippen molar-refractivity contribution in [2.24, 2.45) is 5.73 Å². The van der Waals surface area contributed by atoms with Crippen LogP contribution in [0.4, 0.5) is 20.4 Å². The zero-order valence-electron chi connectivity index (χ0n) is 12.1. The molecule has 0 aliphatic carbocycles. The number of hydrogen-bond acceptors (Lipinski definition) is 4. The smallest absolute Gasteiger partial charge is 0.253 e. The summed E-state index contributed by atoms with van der Waals surface area (Å²) < 4.78 is 27.2. The summed E-state index contributed by atoms with van der Waals surface area (Å²) in [6.07, 6.45) is 0. The number of carbonyl (C=O) groups is 2. The standard InChI is InChI=1S/C16H10F2N4O2/c17-7-1-4-11-8(5-7)12(23)6-22(11)16-20-10-3-2-9(18)13(15(19)24)14(10)21-16/h1-5H,6H2,(H2,19,24)(H,20,21). The Bertz CT molecular complexity index is 1030. The molecule has 0 unspecified atom stereocenters. The number of anilines is 2. The number of hydrogen-bond donors (Lipinski definition) is 2. The third-order valence-corrected chi connectivity index (χ3v) is 3.95. The van der Waals surface area contributed by atoms with Gasteiger partial charge in [0.2, 0.25) is 5.95 Å². The van der Waals surface area contributed by atoms with E-state index in [0.29, 0.717) is 11.2 Å². The Hall–Kier alpha value is -3.29. The highest BCUT2D eigenvalue weighted by Crippen LogP contribution is 2.34. The first-order valence-corrected chi connectivity index (χ1v) is 7.04. The van der Waals surface area contributed by atoms with Crippen LogP contribution in [0.3, 0.4) is 0 Å². The normalized spacial score (nSPS) is 13.6. The fourth-order valence-corrected chi connectivity index (χ4v) is 2.88. The summed E-state index contributed by atoms with van der Waals surface area (Å²) >= 11 is 0. The number of aromatic amines is 1. The van der Waals surface area contributed by atoms with Crippen molar-refractivity contribution in [1.82, 2.24) is 9.97 Å². The molecular formula is C16H10F2N4O2. The second-order valence-corrected chi connectivity index (χ2v) is 5.41. The van der Waals surface area contributed by atoms with Crippen LogP contribution in [-0.4, -0.2) is 28.2 Å². The molecule has 8 heteroatoms. The highest BCUT2D eigenvalue weighted by Gasteiger charge is 2.30. The van der Waals surface area contributed by atoms with Crippen LogP contribution >= 0.6 is 0 Å². The van der Waals surface area contributed by atoms with Crippen LogP contribution in [0.2, 0.25) is 0 Å². The molecule has 24 heavy (non-hydrogen) atoms. The molecule has 0 fully saturated rings. The van der Waals surface area contributed by atoms with E-state index in [-0.39, 0.29) is 34.9 Å². The Kier molecular flexibility index (Phi) is 2.89. The van der Waals surface area contributed by atoms with Gasteiger partial charge in [-0.25, -0.2) is 13.8 Å². The van der Waals surface area contributed by atoms with Crippen molar-refractivity contribution in [3.63, 3.8) is 0 Å². The number of halogens is 2. The number of rotatable bonds is 2. The number of Topliss-reactive ketones (excluding diaryl/α,β-unsaturated/α-hetero) is 1. The van der Waals surface area contributed by atoms with Gasteiger partial charge >= 0.3 is 0 Å². The van der Waals surface area contributed by atoms with E-state index in [1.807, 2.05) is 0 Å². The number of ketones is 1. The topological polar surface area (TPSA) is 92.1 Å². The first-order chi connectivity index (χ1) is 11.5. The lowest BCUT2D eigenvalue weighted by Gasteiger charge is -2.14. The van der Waals surface area contributed by atoms with Crippen molar-refractivity contribution in [2.75, 3.05) is 11.4 Å². The van der Waals surface area contributed by atoms with Gasteiger partial charge in [-0.15, -0.1) is 0 Å². The van der Waals surface area contributed by atoms with Gasteiger partial charge < -0.3 is 15.6 Å². The maximum atomic E-state index is 13.8. The Labute approximate surface area is 133 Å². The quantitative estimate of drug-likeness (QED) is 0.755. The summed E-state index contributed by atoms with van der Waals surface area (Å²) in [4.78, 5) is 32.2. The first-order valence-electron chi connectivity index (χ1n) is 7.04. The molecule has 3 aromatic rings. The Morgan fingerprint density at radius 1 is 1.25 bits per heavy atom. The highest BCUT2D eigenvalue weighted by atomic mass is 19.1. The number of carbonyl (C=O) groups excluding carboxylic acids is 2.